The van der Waals surface area contributed by atoms with Crippen LogP contribution in [0.4, 0.5) is 0 Å². The lowest BCUT2D eigenvalue weighted by Crippen LogP contribution is -2.56. The molecule has 0 radical (unpaired) electrons. The van der Waals surface area contributed by atoms with Crippen molar-refractivity contribution in [2.45, 2.75) is 77.2 Å². The van der Waals surface area contributed by atoms with Gasteiger partial charge in [0.05, 0.1) is 12.2 Å². The van der Waals surface area contributed by atoms with Crippen LogP contribution in [0.1, 0.15) is 71.6 Å². The minimum absolute atomic E-state index is 0.335. The zero-order valence-electron chi connectivity index (χ0n) is 12.8. The Morgan fingerprint density at radius 1 is 1.05 bits per heavy atom. The number of hydrogen-bond donors (Lipinski definition) is 0. The van der Waals surface area contributed by atoms with Crippen LogP contribution in [0.25, 0.3) is 0 Å². The number of ether oxygens (including phenoxy) is 1. The molecule has 1 heteroatoms. The van der Waals surface area contributed by atoms with Crippen LogP contribution in [0.5, 0.6) is 0 Å². The topological polar surface area (TPSA) is 12.5 Å². The molecule has 1 nitrogen and oxygen atoms in total. The van der Waals surface area contributed by atoms with Gasteiger partial charge in [-0.25, -0.2) is 0 Å². The summed E-state index contributed by atoms with van der Waals surface area (Å²) in [6, 6.07) is 0. The van der Waals surface area contributed by atoms with Gasteiger partial charge in [0, 0.05) is 0 Å². The average Bonchev–Trinajstić information content (AvgIpc) is 3.07. The van der Waals surface area contributed by atoms with E-state index in [1.807, 2.05) is 0 Å². The summed E-state index contributed by atoms with van der Waals surface area (Å²) in [6.07, 6.45) is 13.1. The molecular formula is C18H30O. The Kier molecular flexibility index (Phi) is 2.82. The molecule has 4 bridgehead atoms. The SMILES string of the molecule is CCCCCC1(C2C3CC4CC(C3)CC2(C)C4)CO1. The lowest BCUT2D eigenvalue weighted by Gasteiger charge is -2.61. The van der Waals surface area contributed by atoms with Crippen molar-refractivity contribution < 1.29 is 4.74 Å². The highest BCUT2D eigenvalue weighted by Gasteiger charge is 2.65. The minimum atomic E-state index is 0.335. The summed E-state index contributed by atoms with van der Waals surface area (Å²) in [5.74, 6) is 4.07. The van der Waals surface area contributed by atoms with Gasteiger partial charge in [-0.3, -0.25) is 0 Å². The predicted molar refractivity (Wildman–Crippen MR) is 78.0 cm³/mol. The molecule has 5 rings (SSSR count). The first-order valence-corrected chi connectivity index (χ1v) is 8.79. The van der Waals surface area contributed by atoms with Gasteiger partial charge in [0.15, 0.2) is 0 Å². The first-order chi connectivity index (χ1) is 9.15. The third kappa shape index (κ3) is 1.91. The maximum absolute atomic E-state index is 6.13. The van der Waals surface area contributed by atoms with Crippen LogP contribution in [0.3, 0.4) is 0 Å². The molecule has 0 aromatic carbocycles. The van der Waals surface area contributed by atoms with E-state index in [0.717, 1.165) is 30.3 Å². The van der Waals surface area contributed by atoms with E-state index in [4.69, 9.17) is 4.74 Å². The van der Waals surface area contributed by atoms with Crippen LogP contribution in [-0.4, -0.2) is 12.2 Å². The summed E-state index contributed by atoms with van der Waals surface area (Å²) >= 11 is 0. The Hall–Kier alpha value is -0.0400. The molecule has 4 unspecified atom stereocenters. The largest absolute Gasteiger partial charge is 0.369 e. The number of rotatable bonds is 5. The maximum atomic E-state index is 6.13. The van der Waals surface area contributed by atoms with E-state index < -0.39 is 0 Å². The Labute approximate surface area is 118 Å². The summed E-state index contributed by atoms with van der Waals surface area (Å²) in [5.41, 5.74) is 0.972. The van der Waals surface area contributed by atoms with E-state index in [0.29, 0.717) is 11.0 Å². The minimum Gasteiger partial charge on any atom is -0.369 e. The molecule has 108 valence electrons. The molecule has 1 heterocycles. The van der Waals surface area contributed by atoms with Crippen LogP contribution < -0.4 is 0 Å². The fraction of sp³-hybridized carbons (Fsp3) is 1.00. The van der Waals surface area contributed by atoms with Gasteiger partial charge in [0.2, 0.25) is 0 Å². The van der Waals surface area contributed by atoms with Crippen molar-refractivity contribution >= 4 is 0 Å². The predicted octanol–water partition coefficient (Wildman–Crippen LogP) is 4.80. The van der Waals surface area contributed by atoms with Crippen LogP contribution in [0, 0.1) is 29.1 Å². The van der Waals surface area contributed by atoms with Gasteiger partial charge in [0.25, 0.3) is 0 Å². The van der Waals surface area contributed by atoms with Crippen molar-refractivity contribution in [3.05, 3.63) is 0 Å². The molecule has 0 spiro atoms. The van der Waals surface area contributed by atoms with E-state index in [9.17, 15) is 0 Å². The number of epoxide rings is 1. The van der Waals surface area contributed by atoms with Gasteiger partial charge in [0.1, 0.15) is 0 Å². The molecule has 4 saturated carbocycles. The third-order valence-electron chi connectivity index (χ3n) is 6.96. The van der Waals surface area contributed by atoms with E-state index in [1.165, 1.54) is 51.4 Å². The molecule has 0 N–H and O–H groups in total. The molecule has 4 atom stereocenters. The fourth-order valence-corrected chi connectivity index (χ4v) is 6.76. The number of unbranched alkanes of at least 4 members (excludes halogenated alkanes) is 2. The number of hydrogen-bond acceptors (Lipinski definition) is 1. The molecule has 0 amide bonds. The average molecular weight is 262 g/mol. The summed E-state index contributed by atoms with van der Waals surface area (Å²) < 4.78 is 6.13. The maximum Gasteiger partial charge on any atom is 0.0952 e. The van der Waals surface area contributed by atoms with Gasteiger partial charge in [-0.1, -0.05) is 33.1 Å². The monoisotopic (exact) mass is 262 g/mol. The van der Waals surface area contributed by atoms with Crippen molar-refractivity contribution in [2.24, 2.45) is 29.1 Å². The quantitative estimate of drug-likeness (QED) is 0.512. The van der Waals surface area contributed by atoms with Crippen LogP contribution in [-0.2, 0) is 4.74 Å². The molecule has 1 aliphatic heterocycles. The molecule has 4 aliphatic carbocycles. The highest BCUT2D eigenvalue weighted by Crippen LogP contribution is 2.68. The van der Waals surface area contributed by atoms with E-state index in [1.54, 1.807) is 6.42 Å². The summed E-state index contributed by atoms with van der Waals surface area (Å²) in [7, 11) is 0. The lowest BCUT2D eigenvalue weighted by molar-refractivity contribution is -0.129. The van der Waals surface area contributed by atoms with Gasteiger partial charge >= 0.3 is 0 Å². The van der Waals surface area contributed by atoms with Gasteiger partial charge in [-0.2, -0.15) is 0 Å². The normalized spacial score (nSPS) is 54.6. The molecule has 5 fully saturated rings. The summed E-state index contributed by atoms with van der Waals surface area (Å²) in [5, 5.41) is 0. The van der Waals surface area contributed by atoms with Gasteiger partial charge < -0.3 is 4.74 Å². The Morgan fingerprint density at radius 3 is 2.26 bits per heavy atom. The third-order valence-corrected chi connectivity index (χ3v) is 6.96. The van der Waals surface area contributed by atoms with Crippen LogP contribution in [0.2, 0.25) is 0 Å². The van der Waals surface area contributed by atoms with Crippen molar-refractivity contribution in [2.75, 3.05) is 6.61 Å². The van der Waals surface area contributed by atoms with Crippen LogP contribution >= 0.6 is 0 Å². The second-order valence-corrected chi connectivity index (χ2v) is 8.55. The van der Waals surface area contributed by atoms with E-state index >= 15 is 0 Å². The van der Waals surface area contributed by atoms with Gasteiger partial charge in [-0.05, 0) is 67.6 Å². The highest BCUT2D eigenvalue weighted by atomic mass is 16.6. The van der Waals surface area contributed by atoms with Crippen molar-refractivity contribution in [1.29, 1.82) is 0 Å². The Morgan fingerprint density at radius 2 is 1.74 bits per heavy atom. The summed E-state index contributed by atoms with van der Waals surface area (Å²) in [4.78, 5) is 0. The molecule has 19 heavy (non-hydrogen) atoms. The lowest BCUT2D eigenvalue weighted by atomic mass is 9.43. The zero-order chi connectivity index (χ0) is 13.1. The molecule has 0 aromatic rings. The van der Waals surface area contributed by atoms with Crippen molar-refractivity contribution in [3.63, 3.8) is 0 Å². The second kappa shape index (κ2) is 4.23. The molecule has 1 saturated heterocycles. The zero-order valence-corrected chi connectivity index (χ0v) is 12.8. The fourth-order valence-electron chi connectivity index (χ4n) is 6.76. The summed E-state index contributed by atoms with van der Waals surface area (Å²) in [6.45, 7) is 6.01. The Balaban J connectivity index is 1.54. The van der Waals surface area contributed by atoms with Crippen molar-refractivity contribution in [3.8, 4) is 0 Å². The molecule has 5 aliphatic rings. The second-order valence-electron chi connectivity index (χ2n) is 8.55. The van der Waals surface area contributed by atoms with Crippen molar-refractivity contribution in [1.82, 2.24) is 0 Å². The first-order valence-electron chi connectivity index (χ1n) is 8.79. The Bertz CT molecular complexity index is 343. The van der Waals surface area contributed by atoms with E-state index in [-0.39, 0.29) is 0 Å². The smallest absolute Gasteiger partial charge is 0.0952 e. The molecular weight excluding hydrogens is 232 g/mol. The standard InChI is InChI=1S/C18H30O/c1-3-4-5-6-18(12-19-18)16-15-8-13-7-14(9-15)11-17(16,2)10-13/h13-16H,3-12H2,1-2H3. The van der Waals surface area contributed by atoms with Crippen LogP contribution in [0.15, 0.2) is 0 Å². The highest BCUT2D eigenvalue weighted by molar-refractivity contribution is 5.14. The van der Waals surface area contributed by atoms with Gasteiger partial charge in [-0.15, -0.1) is 0 Å². The first kappa shape index (κ1) is 12.7. The molecule has 0 aromatic heterocycles. The van der Waals surface area contributed by atoms with E-state index in [2.05, 4.69) is 13.8 Å².